The van der Waals surface area contributed by atoms with Crippen LogP contribution in [0, 0.1) is 0 Å². The summed E-state index contributed by atoms with van der Waals surface area (Å²) in [6, 6.07) is 63.5. The average Bonchev–Trinajstić information content (AvgIpc) is 3.53. The summed E-state index contributed by atoms with van der Waals surface area (Å²) in [7, 11) is 0. The number of nitrogens with zero attached hydrogens (tertiary/aromatic N) is 3. The van der Waals surface area contributed by atoms with Crippen LogP contribution in [0.5, 0.6) is 0 Å². The fourth-order valence-electron chi connectivity index (χ4n) is 8.89. The Balaban J connectivity index is 1.23. The molecule has 0 amide bonds. The smallest absolute Gasteiger partial charge is 0.0972 e. The quantitative estimate of drug-likeness (QED) is 0.175. The van der Waals surface area contributed by atoms with Crippen LogP contribution in [0.1, 0.15) is 22.3 Å². The molecule has 0 radical (unpaired) electrons. The van der Waals surface area contributed by atoms with E-state index < -0.39 is 5.41 Å². The van der Waals surface area contributed by atoms with E-state index in [4.69, 9.17) is 15.0 Å². The van der Waals surface area contributed by atoms with E-state index in [0.717, 1.165) is 60.7 Å². The van der Waals surface area contributed by atoms with Gasteiger partial charge in [-0.25, -0.2) is 4.98 Å². The van der Waals surface area contributed by atoms with Gasteiger partial charge in [-0.2, -0.15) is 0 Å². The van der Waals surface area contributed by atoms with E-state index in [1.165, 1.54) is 38.6 Å². The largest absolute Gasteiger partial charge is 0.256 e. The van der Waals surface area contributed by atoms with Gasteiger partial charge in [-0.1, -0.05) is 152 Å². The highest BCUT2D eigenvalue weighted by Crippen LogP contribution is 2.58. The minimum atomic E-state index is -0.642. The van der Waals surface area contributed by atoms with E-state index in [-0.39, 0.29) is 0 Å². The lowest BCUT2D eigenvalue weighted by Crippen LogP contribution is -2.28. The molecule has 3 aromatic heterocycles. The van der Waals surface area contributed by atoms with Crippen LogP contribution >= 0.6 is 0 Å². The van der Waals surface area contributed by atoms with Crippen molar-refractivity contribution in [2.24, 2.45) is 0 Å². The van der Waals surface area contributed by atoms with Crippen molar-refractivity contribution in [1.29, 1.82) is 0 Å². The Labute approximate surface area is 306 Å². The molecule has 3 nitrogen and oxygen atoms in total. The molecule has 0 spiro atoms. The minimum absolute atomic E-state index is 0.642. The number of pyridine rings is 3. The third-order valence-electron chi connectivity index (χ3n) is 11.2. The summed E-state index contributed by atoms with van der Waals surface area (Å²) in [5.74, 6) is 0. The van der Waals surface area contributed by atoms with E-state index in [9.17, 15) is 0 Å². The monoisotopic (exact) mass is 673 g/mol. The molecule has 3 heteroatoms. The van der Waals surface area contributed by atoms with Gasteiger partial charge in [0.2, 0.25) is 0 Å². The van der Waals surface area contributed by atoms with Gasteiger partial charge in [0, 0.05) is 34.1 Å². The topological polar surface area (TPSA) is 38.7 Å². The maximum absolute atomic E-state index is 5.59. The summed E-state index contributed by atoms with van der Waals surface area (Å²) in [6.07, 6.45) is 3.77. The summed E-state index contributed by atoms with van der Waals surface area (Å²) in [5.41, 5.74) is 13.6. The fourth-order valence-corrected chi connectivity index (χ4v) is 8.89. The van der Waals surface area contributed by atoms with Crippen molar-refractivity contribution in [2.45, 2.75) is 5.41 Å². The van der Waals surface area contributed by atoms with Crippen LogP contribution in [0.25, 0.3) is 77.0 Å². The standard InChI is InChI=1S/C50H31N3/c1-3-15-37(16-4-1)50(38-17-5-2-6-18-38)43-31-42(34-24-22-33(23-25-34)40-20-9-13-32-12-7-8-19-39(32)40)41-21-11-29-52-48(41)45(43)49-44(50)30-36-27-26-35-14-10-28-51-46(35)47(36)53-49/h1-31H. The number of benzene rings is 7. The van der Waals surface area contributed by atoms with E-state index >= 15 is 0 Å². The lowest BCUT2D eigenvalue weighted by atomic mass is 9.67. The molecule has 0 bridgehead atoms. The second-order valence-electron chi connectivity index (χ2n) is 13.9. The van der Waals surface area contributed by atoms with Gasteiger partial charge in [0.25, 0.3) is 0 Å². The third kappa shape index (κ3) is 4.31. The first-order chi connectivity index (χ1) is 26.3. The maximum Gasteiger partial charge on any atom is 0.0972 e. The van der Waals surface area contributed by atoms with Gasteiger partial charge in [-0.05, 0) is 79.5 Å². The Kier molecular flexibility index (Phi) is 6.47. The van der Waals surface area contributed by atoms with Gasteiger partial charge < -0.3 is 0 Å². The lowest BCUT2D eigenvalue weighted by molar-refractivity contribution is 0.768. The Morgan fingerprint density at radius 1 is 0.377 bits per heavy atom. The van der Waals surface area contributed by atoms with Gasteiger partial charge in [0.05, 0.1) is 27.7 Å². The number of fused-ring (bicyclic) bond motifs is 9. The predicted molar refractivity (Wildman–Crippen MR) is 218 cm³/mol. The molecule has 246 valence electrons. The van der Waals surface area contributed by atoms with Crippen LogP contribution in [0.2, 0.25) is 0 Å². The number of hydrogen-bond acceptors (Lipinski definition) is 3. The number of rotatable bonds is 4. The van der Waals surface area contributed by atoms with Gasteiger partial charge in [0.1, 0.15) is 0 Å². The van der Waals surface area contributed by atoms with Crippen molar-refractivity contribution in [2.75, 3.05) is 0 Å². The number of aromatic nitrogens is 3. The first kappa shape index (κ1) is 29.7. The summed E-state index contributed by atoms with van der Waals surface area (Å²) in [5, 5.41) is 5.75. The van der Waals surface area contributed by atoms with Crippen molar-refractivity contribution in [3.63, 3.8) is 0 Å². The fraction of sp³-hybridized carbons (Fsp3) is 0.0200. The summed E-state index contributed by atoms with van der Waals surface area (Å²) < 4.78 is 0. The Morgan fingerprint density at radius 3 is 1.75 bits per heavy atom. The summed E-state index contributed by atoms with van der Waals surface area (Å²) in [4.78, 5) is 15.6. The molecule has 7 aromatic carbocycles. The Hall–Kier alpha value is -6.97. The lowest BCUT2D eigenvalue weighted by Gasteiger charge is -2.34. The molecular weight excluding hydrogens is 643 g/mol. The van der Waals surface area contributed by atoms with E-state index in [2.05, 4.69) is 164 Å². The third-order valence-corrected chi connectivity index (χ3v) is 11.2. The molecule has 1 aliphatic rings. The summed E-state index contributed by atoms with van der Waals surface area (Å²) >= 11 is 0. The Bertz CT molecular complexity index is 3000. The van der Waals surface area contributed by atoms with Gasteiger partial charge >= 0.3 is 0 Å². The minimum Gasteiger partial charge on any atom is -0.256 e. The molecule has 0 saturated carbocycles. The molecule has 0 aliphatic heterocycles. The van der Waals surface area contributed by atoms with Gasteiger partial charge in [-0.3, -0.25) is 9.97 Å². The van der Waals surface area contributed by atoms with Crippen molar-refractivity contribution in [3.8, 4) is 33.5 Å². The molecule has 0 unspecified atom stereocenters. The maximum atomic E-state index is 5.59. The van der Waals surface area contributed by atoms with E-state index in [1.54, 1.807) is 0 Å². The highest BCUT2D eigenvalue weighted by molar-refractivity contribution is 6.10. The van der Waals surface area contributed by atoms with Gasteiger partial charge in [0.15, 0.2) is 0 Å². The van der Waals surface area contributed by atoms with E-state index in [0.29, 0.717) is 0 Å². The molecule has 0 atom stereocenters. The zero-order valence-corrected chi connectivity index (χ0v) is 28.7. The second kappa shape index (κ2) is 11.5. The van der Waals surface area contributed by atoms with Crippen LogP contribution in [0.3, 0.4) is 0 Å². The number of hydrogen-bond donors (Lipinski definition) is 0. The van der Waals surface area contributed by atoms with Crippen LogP contribution in [-0.4, -0.2) is 15.0 Å². The van der Waals surface area contributed by atoms with Gasteiger partial charge in [-0.15, -0.1) is 0 Å². The molecule has 10 aromatic rings. The molecule has 11 rings (SSSR count). The zero-order chi connectivity index (χ0) is 34.9. The van der Waals surface area contributed by atoms with Crippen molar-refractivity contribution < 1.29 is 0 Å². The average molecular weight is 674 g/mol. The molecular formula is C50H31N3. The van der Waals surface area contributed by atoms with Crippen molar-refractivity contribution in [1.82, 2.24) is 15.0 Å². The first-order valence-electron chi connectivity index (χ1n) is 18.1. The van der Waals surface area contributed by atoms with Crippen molar-refractivity contribution >= 4 is 43.5 Å². The zero-order valence-electron chi connectivity index (χ0n) is 28.7. The normalized spacial score (nSPS) is 13.1. The molecule has 0 fully saturated rings. The first-order valence-corrected chi connectivity index (χ1v) is 18.1. The highest BCUT2D eigenvalue weighted by atomic mass is 14.8. The molecule has 0 saturated heterocycles. The van der Waals surface area contributed by atoms with Crippen LogP contribution in [0.15, 0.2) is 188 Å². The second-order valence-corrected chi connectivity index (χ2v) is 13.9. The van der Waals surface area contributed by atoms with Crippen LogP contribution in [0.4, 0.5) is 0 Å². The van der Waals surface area contributed by atoms with E-state index in [1.807, 2.05) is 24.5 Å². The molecule has 0 N–H and O–H groups in total. The Morgan fingerprint density at radius 2 is 0.981 bits per heavy atom. The predicted octanol–water partition coefficient (Wildman–Crippen LogP) is 12.2. The SMILES string of the molecule is c1ccc(C2(c3ccccc3)c3cc4ccc5cccnc5c4nc3-c3c2cc(-c2ccc(-c4cccc5ccccc45)cc2)c2cccnc32)cc1. The van der Waals surface area contributed by atoms with Crippen LogP contribution in [-0.2, 0) is 5.41 Å². The summed E-state index contributed by atoms with van der Waals surface area (Å²) in [6.45, 7) is 0. The molecule has 3 heterocycles. The highest BCUT2D eigenvalue weighted by Gasteiger charge is 2.48. The van der Waals surface area contributed by atoms with Crippen LogP contribution < -0.4 is 0 Å². The van der Waals surface area contributed by atoms with Crippen molar-refractivity contribution in [3.05, 3.63) is 211 Å². The molecule has 1 aliphatic carbocycles. The molecule has 53 heavy (non-hydrogen) atoms.